The Hall–Kier alpha value is -3.18. The van der Waals surface area contributed by atoms with Gasteiger partial charge >= 0.3 is 0 Å². The van der Waals surface area contributed by atoms with Crippen LogP contribution in [0.25, 0.3) is 10.2 Å². The Bertz CT molecular complexity index is 1070. The quantitative estimate of drug-likeness (QED) is 0.488. The number of anilines is 2. The second-order valence-electron chi connectivity index (χ2n) is 6.29. The number of thiazole rings is 1. The molecule has 0 bridgehead atoms. The van der Waals surface area contributed by atoms with Gasteiger partial charge in [-0.3, -0.25) is 4.79 Å². The number of nitrogens with zero attached hydrogens (tertiary/aromatic N) is 1. The van der Waals surface area contributed by atoms with Crippen LogP contribution >= 0.6 is 11.3 Å². The van der Waals surface area contributed by atoms with Crippen molar-refractivity contribution in [2.75, 3.05) is 10.6 Å². The molecule has 0 atom stereocenters. The van der Waals surface area contributed by atoms with Crippen LogP contribution in [0.4, 0.5) is 11.4 Å². The lowest BCUT2D eigenvalue weighted by molar-refractivity contribution is 0.102. The van der Waals surface area contributed by atoms with Crippen molar-refractivity contribution < 1.29 is 4.79 Å². The molecule has 0 aliphatic rings. The van der Waals surface area contributed by atoms with E-state index in [1.807, 2.05) is 73.7 Å². The van der Waals surface area contributed by atoms with Crippen LogP contribution in [0.5, 0.6) is 0 Å². The van der Waals surface area contributed by atoms with Gasteiger partial charge in [-0.05, 0) is 55.0 Å². The van der Waals surface area contributed by atoms with E-state index in [9.17, 15) is 4.79 Å². The highest BCUT2D eigenvalue weighted by Crippen LogP contribution is 2.25. The number of amides is 1. The SMILES string of the molecule is Cc1nc2ccc(NCc3ccc(C(=O)Nc4ccccc4)cc3)cc2s1. The zero-order valence-corrected chi connectivity index (χ0v) is 15.7. The second-order valence-corrected chi connectivity index (χ2v) is 7.52. The fraction of sp³-hybridized carbons (Fsp3) is 0.0909. The van der Waals surface area contributed by atoms with Crippen LogP contribution in [-0.2, 0) is 6.54 Å². The molecule has 1 amide bonds. The summed E-state index contributed by atoms with van der Waals surface area (Å²) in [5.74, 6) is -0.105. The van der Waals surface area contributed by atoms with Gasteiger partial charge < -0.3 is 10.6 Å². The standard InChI is InChI=1S/C22H19N3OS/c1-15-24-20-12-11-19(13-21(20)27-15)23-14-16-7-9-17(10-8-16)22(26)25-18-5-3-2-4-6-18/h2-13,23H,14H2,1H3,(H,25,26). The summed E-state index contributed by atoms with van der Waals surface area (Å²) in [6.07, 6.45) is 0. The second kappa shape index (κ2) is 7.60. The van der Waals surface area contributed by atoms with Crippen molar-refractivity contribution in [2.45, 2.75) is 13.5 Å². The van der Waals surface area contributed by atoms with Crippen LogP contribution in [0.2, 0.25) is 0 Å². The summed E-state index contributed by atoms with van der Waals surface area (Å²) in [5.41, 5.74) is 4.66. The molecule has 4 nitrogen and oxygen atoms in total. The van der Waals surface area contributed by atoms with Crippen molar-refractivity contribution >= 4 is 38.8 Å². The first-order chi connectivity index (χ1) is 13.2. The largest absolute Gasteiger partial charge is 0.381 e. The van der Waals surface area contributed by atoms with Gasteiger partial charge in [0.2, 0.25) is 0 Å². The summed E-state index contributed by atoms with van der Waals surface area (Å²) in [5, 5.41) is 7.40. The predicted octanol–water partition coefficient (Wildman–Crippen LogP) is 5.47. The van der Waals surface area contributed by atoms with Crippen molar-refractivity contribution in [1.29, 1.82) is 0 Å². The van der Waals surface area contributed by atoms with Gasteiger partial charge in [0.1, 0.15) is 0 Å². The van der Waals surface area contributed by atoms with Crippen molar-refractivity contribution in [2.24, 2.45) is 0 Å². The number of nitrogens with one attached hydrogen (secondary N) is 2. The van der Waals surface area contributed by atoms with E-state index in [-0.39, 0.29) is 5.91 Å². The summed E-state index contributed by atoms with van der Waals surface area (Å²) in [6, 6.07) is 23.3. The van der Waals surface area contributed by atoms with Crippen LogP contribution in [-0.4, -0.2) is 10.9 Å². The highest BCUT2D eigenvalue weighted by molar-refractivity contribution is 7.18. The molecule has 3 aromatic carbocycles. The minimum atomic E-state index is -0.105. The molecule has 0 spiro atoms. The number of hydrogen-bond donors (Lipinski definition) is 2. The molecule has 134 valence electrons. The summed E-state index contributed by atoms with van der Waals surface area (Å²) in [6.45, 7) is 2.72. The number of hydrogen-bond acceptors (Lipinski definition) is 4. The maximum Gasteiger partial charge on any atom is 0.255 e. The van der Waals surface area contributed by atoms with Gasteiger partial charge in [0.05, 0.1) is 15.2 Å². The topological polar surface area (TPSA) is 54.0 Å². The maximum absolute atomic E-state index is 12.3. The Labute approximate surface area is 161 Å². The fourth-order valence-electron chi connectivity index (χ4n) is 2.85. The van der Waals surface area contributed by atoms with Gasteiger partial charge in [-0.15, -0.1) is 11.3 Å². The summed E-state index contributed by atoms with van der Waals surface area (Å²) in [7, 11) is 0. The first-order valence-corrected chi connectivity index (χ1v) is 9.55. The van der Waals surface area contributed by atoms with Crippen molar-refractivity contribution in [3.05, 3.63) is 88.9 Å². The van der Waals surface area contributed by atoms with Gasteiger partial charge in [0.25, 0.3) is 5.91 Å². The Kier molecular flexibility index (Phi) is 4.85. The van der Waals surface area contributed by atoms with Crippen molar-refractivity contribution in [3.8, 4) is 0 Å². The highest BCUT2D eigenvalue weighted by Gasteiger charge is 2.06. The third-order valence-corrected chi connectivity index (χ3v) is 5.17. The van der Waals surface area contributed by atoms with Crippen LogP contribution in [0.3, 0.4) is 0 Å². The van der Waals surface area contributed by atoms with E-state index in [2.05, 4.69) is 21.7 Å². The number of rotatable bonds is 5. The lowest BCUT2D eigenvalue weighted by atomic mass is 10.1. The van der Waals surface area contributed by atoms with E-state index in [1.54, 1.807) is 11.3 Å². The molecule has 0 fully saturated rings. The Morgan fingerprint density at radius 3 is 2.52 bits per heavy atom. The number of benzene rings is 3. The molecule has 0 aliphatic carbocycles. The van der Waals surface area contributed by atoms with E-state index in [4.69, 9.17) is 0 Å². The molecule has 5 heteroatoms. The van der Waals surface area contributed by atoms with Crippen LogP contribution in [0.1, 0.15) is 20.9 Å². The first-order valence-electron chi connectivity index (χ1n) is 8.74. The minimum absolute atomic E-state index is 0.105. The molecule has 1 aromatic heterocycles. The number of carbonyl (C=O) groups is 1. The Balaban J connectivity index is 1.39. The van der Waals surface area contributed by atoms with E-state index >= 15 is 0 Å². The smallest absolute Gasteiger partial charge is 0.255 e. The number of fused-ring (bicyclic) bond motifs is 1. The van der Waals surface area contributed by atoms with Crippen molar-refractivity contribution in [3.63, 3.8) is 0 Å². The van der Waals surface area contributed by atoms with Crippen molar-refractivity contribution in [1.82, 2.24) is 4.98 Å². The molecule has 1 heterocycles. The fourth-order valence-corrected chi connectivity index (χ4v) is 3.72. The van der Waals surface area contributed by atoms with Crippen LogP contribution < -0.4 is 10.6 Å². The average molecular weight is 373 g/mol. The molecule has 27 heavy (non-hydrogen) atoms. The Morgan fingerprint density at radius 1 is 0.963 bits per heavy atom. The molecule has 4 aromatic rings. The maximum atomic E-state index is 12.3. The van der Waals surface area contributed by atoms with Crippen LogP contribution in [0.15, 0.2) is 72.8 Å². The molecular weight excluding hydrogens is 354 g/mol. The lowest BCUT2D eigenvalue weighted by Gasteiger charge is -2.08. The molecule has 0 aliphatic heterocycles. The third kappa shape index (κ3) is 4.15. The molecule has 2 N–H and O–H groups in total. The monoisotopic (exact) mass is 373 g/mol. The first kappa shape index (κ1) is 17.2. The van der Waals surface area contributed by atoms with E-state index in [0.717, 1.165) is 27.5 Å². The number of aromatic nitrogens is 1. The minimum Gasteiger partial charge on any atom is -0.381 e. The summed E-state index contributed by atoms with van der Waals surface area (Å²) < 4.78 is 1.19. The summed E-state index contributed by atoms with van der Waals surface area (Å²) in [4.78, 5) is 16.8. The highest BCUT2D eigenvalue weighted by atomic mass is 32.1. The average Bonchev–Trinajstić information content (AvgIpc) is 3.07. The van der Waals surface area contributed by atoms with Gasteiger partial charge in [-0.2, -0.15) is 0 Å². The Morgan fingerprint density at radius 2 is 1.74 bits per heavy atom. The van der Waals surface area contributed by atoms with Gasteiger partial charge in [0, 0.05) is 23.5 Å². The van der Waals surface area contributed by atoms with Crippen LogP contribution in [0, 0.1) is 6.92 Å². The molecule has 4 rings (SSSR count). The molecular formula is C22H19N3OS. The zero-order valence-electron chi connectivity index (χ0n) is 14.9. The number of aryl methyl sites for hydroxylation is 1. The third-order valence-electron chi connectivity index (χ3n) is 4.24. The molecule has 0 radical (unpaired) electrons. The van der Waals surface area contributed by atoms with Gasteiger partial charge in [0.15, 0.2) is 0 Å². The lowest BCUT2D eigenvalue weighted by Crippen LogP contribution is -2.11. The molecule has 0 saturated heterocycles. The van der Waals surface area contributed by atoms with Gasteiger partial charge in [-0.1, -0.05) is 30.3 Å². The van der Waals surface area contributed by atoms with Gasteiger partial charge in [-0.25, -0.2) is 4.98 Å². The van der Waals surface area contributed by atoms with E-state index < -0.39 is 0 Å². The molecule has 0 saturated carbocycles. The normalized spacial score (nSPS) is 10.7. The van der Waals surface area contributed by atoms with E-state index in [1.165, 1.54) is 4.70 Å². The predicted molar refractivity (Wildman–Crippen MR) is 113 cm³/mol. The number of para-hydroxylation sites is 1. The zero-order chi connectivity index (χ0) is 18.6. The molecule has 0 unspecified atom stereocenters. The number of carbonyl (C=O) groups excluding carboxylic acids is 1. The summed E-state index contributed by atoms with van der Waals surface area (Å²) >= 11 is 1.70. The van der Waals surface area contributed by atoms with E-state index in [0.29, 0.717) is 12.1 Å².